The van der Waals surface area contributed by atoms with E-state index in [0.29, 0.717) is 13.1 Å². The molecule has 0 saturated heterocycles. The van der Waals surface area contributed by atoms with E-state index in [4.69, 9.17) is 4.98 Å². The molecule has 0 spiro atoms. The highest BCUT2D eigenvalue weighted by Crippen LogP contribution is 2.31. The molecule has 2 heterocycles. The van der Waals surface area contributed by atoms with E-state index < -0.39 is 0 Å². The van der Waals surface area contributed by atoms with E-state index in [0.717, 1.165) is 42.9 Å². The SMILES string of the molecule is C[C@H]1c2nc(-c3ccccc3)nn2CCN1C(=O)C1CCC(O)CC1. The molecule has 1 N–H and O–H groups in total. The molecule has 2 aromatic rings. The third kappa shape index (κ3) is 3.06. The van der Waals surface area contributed by atoms with Gasteiger partial charge in [-0.1, -0.05) is 30.3 Å². The van der Waals surface area contributed by atoms with Gasteiger partial charge in [-0.3, -0.25) is 4.79 Å². The van der Waals surface area contributed by atoms with Crippen LogP contribution in [-0.4, -0.2) is 43.3 Å². The highest BCUT2D eigenvalue weighted by molar-refractivity contribution is 5.79. The van der Waals surface area contributed by atoms with E-state index in [1.165, 1.54) is 0 Å². The van der Waals surface area contributed by atoms with Gasteiger partial charge >= 0.3 is 0 Å². The predicted molar refractivity (Wildman–Crippen MR) is 93.6 cm³/mol. The lowest BCUT2D eigenvalue weighted by Crippen LogP contribution is -2.45. The number of aromatic nitrogens is 3. The Bertz CT molecular complexity index is 750. The number of aliphatic hydroxyl groups is 1. The van der Waals surface area contributed by atoms with Gasteiger partial charge in [0, 0.05) is 18.0 Å². The third-order valence-corrected chi connectivity index (χ3v) is 5.46. The van der Waals surface area contributed by atoms with Crippen molar-refractivity contribution in [3.63, 3.8) is 0 Å². The zero-order valence-electron chi connectivity index (χ0n) is 14.5. The van der Waals surface area contributed by atoms with Crippen LogP contribution in [0.3, 0.4) is 0 Å². The monoisotopic (exact) mass is 340 g/mol. The number of carbonyl (C=O) groups is 1. The summed E-state index contributed by atoms with van der Waals surface area (Å²) in [5.41, 5.74) is 0.996. The second-order valence-electron chi connectivity index (χ2n) is 7.10. The Morgan fingerprint density at radius 2 is 1.84 bits per heavy atom. The fourth-order valence-corrected chi connectivity index (χ4v) is 3.93. The summed E-state index contributed by atoms with van der Waals surface area (Å²) in [6.07, 6.45) is 2.79. The average molecular weight is 340 g/mol. The molecule has 1 aromatic heterocycles. The maximum absolute atomic E-state index is 12.9. The zero-order chi connectivity index (χ0) is 17.4. The highest BCUT2D eigenvalue weighted by atomic mass is 16.3. The van der Waals surface area contributed by atoms with Crippen LogP contribution in [0.25, 0.3) is 11.4 Å². The fraction of sp³-hybridized carbons (Fsp3) is 0.526. The van der Waals surface area contributed by atoms with Crippen LogP contribution in [0, 0.1) is 5.92 Å². The van der Waals surface area contributed by atoms with Crippen LogP contribution < -0.4 is 0 Å². The summed E-state index contributed by atoms with van der Waals surface area (Å²) in [6.45, 7) is 3.38. The second-order valence-corrected chi connectivity index (χ2v) is 7.10. The molecule has 0 radical (unpaired) electrons. The minimum Gasteiger partial charge on any atom is -0.393 e. The number of rotatable bonds is 2. The van der Waals surface area contributed by atoms with E-state index in [-0.39, 0.29) is 24.0 Å². The molecule has 6 heteroatoms. The van der Waals surface area contributed by atoms with Gasteiger partial charge in [-0.05, 0) is 32.6 Å². The molecule has 2 aliphatic rings. The summed E-state index contributed by atoms with van der Waals surface area (Å²) in [6, 6.07) is 9.87. The van der Waals surface area contributed by atoms with Gasteiger partial charge in [-0.2, -0.15) is 5.10 Å². The van der Waals surface area contributed by atoms with Gasteiger partial charge in [0.05, 0.1) is 18.7 Å². The lowest BCUT2D eigenvalue weighted by molar-refractivity contribution is -0.140. The number of nitrogens with zero attached hydrogens (tertiary/aromatic N) is 4. The first-order chi connectivity index (χ1) is 12.1. The van der Waals surface area contributed by atoms with Crippen molar-refractivity contribution >= 4 is 5.91 Å². The number of aliphatic hydroxyl groups excluding tert-OH is 1. The number of fused-ring (bicyclic) bond motifs is 1. The van der Waals surface area contributed by atoms with Crippen molar-refractivity contribution in [1.29, 1.82) is 0 Å². The number of benzene rings is 1. The molecule has 0 bridgehead atoms. The van der Waals surface area contributed by atoms with Crippen molar-refractivity contribution in [3.8, 4) is 11.4 Å². The summed E-state index contributed by atoms with van der Waals surface area (Å²) in [5, 5.41) is 14.3. The normalized spacial score (nSPS) is 26.3. The minimum absolute atomic E-state index is 0.0360. The first-order valence-corrected chi connectivity index (χ1v) is 9.12. The molecule has 0 unspecified atom stereocenters. The number of amides is 1. The molecule has 4 rings (SSSR count). The Morgan fingerprint density at radius 3 is 2.56 bits per heavy atom. The molecule has 132 valence electrons. The molecule has 1 saturated carbocycles. The van der Waals surface area contributed by atoms with Crippen LogP contribution in [0.1, 0.15) is 44.5 Å². The summed E-state index contributed by atoms with van der Waals surface area (Å²) in [4.78, 5) is 19.6. The van der Waals surface area contributed by atoms with E-state index in [2.05, 4.69) is 5.10 Å². The van der Waals surface area contributed by atoms with Crippen LogP contribution in [0.4, 0.5) is 0 Å². The molecule has 1 fully saturated rings. The lowest BCUT2D eigenvalue weighted by Gasteiger charge is -2.36. The molecular formula is C19H24N4O2. The van der Waals surface area contributed by atoms with Crippen molar-refractivity contribution in [2.75, 3.05) is 6.54 Å². The third-order valence-electron chi connectivity index (χ3n) is 5.46. The molecule has 6 nitrogen and oxygen atoms in total. The number of hydrogen-bond acceptors (Lipinski definition) is 4. The Morgan fingerprint density at radius 1 is 1.12 bits per heavy atom. The van der Waals surface area contributed by atoms with Crippen molar-refractivity contribution in [2.24, 2.45) is 5.92 Å². The second kappa shape index (κ2) is 6.59. The smallest absolute Gasteiger partial charge is 0.226 e. The van der Waals surface area contributed by atoms with Crippen molar-refractivity contribution < 1.29 is 9.90 Å². The molecule has 1 atom stereocenters. The average Bonchev–Trinajstić information content (AvgIpc) is 3.08. The van der Waals surface area contributed by atoms with Crippen molar-refractivity contribution in [1.82, 2.24) is 19.7 Å². The molecular weight excluding hydrogens is 316 g/mol. The molecule has 1 aliphatic heterocycles. The molecule has 25 heavy (non-hydrogen) atoms. The van der Waals surface area contributed by atoms with Crippen molar-refractivity contribution in [2.45, 2.75) is 51.3 Å². The first kappa shape index (κ1) is 16.3. The summed E-state index contributed by atoms with van der Waals surface area (Å²) < 4.78 is 1.93. The summed E-state index contributed by atoms with van der Waals surface area (Å²) in [7, 11) is 0. The topological polar surface area (TPSA) is 71.2 Å². The van der Waals surface area contributed by atoms with Gasteiger partial charge in [0.15, 0.2) is 5.82 Å². The molecule has 1 aliphatic carbocycles. The zero-order valence-corrected chi connectivity index (χ0v) is 14.5. The molecule has 1 aromatic carbocycles. The maximum atomic E-state index is 12.9. The summed E-state index contributed by atoms with van der Waals surface area (Å²) in [5.74, 6) is 1.82. The minimum atomic E-state index is -0.237. The Kier molecular flexibility index (Phi) is 4.29. The van der Waals surface area contributed by atoms with E-state index in [1.54, 1.807) is 0 Å². The van der Waals surface area contributed by atoms with Gasteiger partial charge in [-0.15, -0.1) is 0 Å². The lowest BCUT2D eigenvalue weighted by atomic mass is 9.86. The van der Waals surface area contributed by atoms with Crippen LogP contribution >= 0.6 is 0 Å². The first-order valence-electron chi connectivity index (χ1n) is 9.12. The predicted octanol–water partition coefficient (Wildman–Crippen LogP) is 2.40. The number of hydrogen-bond donors (Lipinski definition) is 1. The van der Waals surface area contributed by atoms with Gasteiger partial charge in [-0.25, -0.2) is 9.67 Å². The standard InChI is InChI=1S/C19H24N4O2/c1-13-18-20-17(14-5-3-2-4-6-14)21-23(18)12-11-22(13)19(25)15-7-9-16(24)10-8-15/h2-6,13,15-16,24H,7-12H2,1H3/t13-,15?,16?/m0/s1. The Balaban J connectivity index is 1.54. The van der Waals surface area contributed by atoms with Crippen LogP contribution in [0.2, 0.25) is 0 Å². The van der Waals surface area contributed by atoms with Gasteiger partial charge < -0.3 is 10.0 Å². The highest BCUT2D eigenvalue weighted by Gasteiger charge is 2.35. The summed E-state index contributed by atoms with van der Waals surface area (Å²) >= 11 is 0. The van der Waals surface area contributed by atoms with Gasteiger partial charge in [0.2, 0.25) is 5.91 Å². The Hall–Kier alpha value is -2.21. The van der Waals surface area contributed by atoms with E-state index in [1.807, 2.05) is 46.8 Å². The maximum Gasteiger partial charge on any atom is 0.226 e. The van der Waals surface area contributed by atoms with E-state index in [9.17, 15) is 9.90 Å². The van der Waals surface area contributed by atoms with Gasteiger partial charge in [0.1, 0.15) is 5.82 Å². The van der Waals surface area contributed by atoms with Crippen LogP contribution in [-0.2, 0) is 11.3 Å². The van der Waals surface area contributed by atoms with Crippen LogP contribution in [0.5, 0.6) is 0 Å². The number of carbonyl (C=O) groups excluding carboxylic acids is 1. The van der Waals surface area contributed by atoms with Crippen LogP contribution in [0.15, 0.2) is 30.3 Å². The van der Waals surface area contributed by atoms with Gasteiger partial charge in [0.25, 0.3) is 0 Å². The quantitative estimate of drug-likeness (QED) is 0.911. The Labute approximate surface area is 147 Å². The largest absolute Gasteiger partial charge is 0.393 e. The molecule has 1 amide bonds. The van der Waals surface area contributed by atoms with Crippen molar-refractivity contribution in [3.05, 3.63) is 36.2 Å². The fourth-order valence-electron chi connectivity index (χ4n) is 3.93. The van der Waals surface area contributed by atoms with E-state index >= 15 is 0 Å².